The smallest absolute Gasteiger partial charge is 0.191 e. The molecule has 0 saturated carbocycles. The zero-order chi connectivity index (χ0) is 23.8. The van der Waals surface area contributed by atoms with Crippen LogP contribution in [0.3, 0.4) is 0 Å². The third-order valence-corrected chi connectivity index (χ3v) is 9.14. The van der Waals surface area contributed by atoms with Gasteiger partial charge >= 0.3 is 0 Å². The van der Waals surface area contributed by atoms with Gasteiger partial charge < -0.3 is 24.3 Å². The molecule has 186 valence electrons. The lowest BCUT2D eigenvalue weighted by atomic mass is 10.2. The molecule has 0 aliphatic carbocycles. The molecule has 0 atom stereocenters. The van der Waals surface area contributed by atoms with Crippen molar-refractivity contribution in [3.05, 3.63) is 0 Å². The lowest BCUT2D eigenvalue weighted by Gasteiger charge is -2.13. The third kappa shape index (κ3) is 26.1. The first-order valence-corrected chi connectivity index (χ1v) is 20.3. The standard InChI is InChI=1S/C22H50N3O3P3/c1-29(2,26)19-13-7-10-16-23-22(24-17-11-8-14-20-30(3,4)27)25-18-12-9-15-21-31(5,6)28/h7-21H2,1-6H3,(H2,23,24,25). The summed E-state index contributed by atoms with van der Waals surface area (Å²) in [5, 5.41) is 6.86. The second-order valence-corrected chi connectivity index (χ2v) is 20.9. The molecule has 0 unspecified atom stereocenters. The Morgan fingerprint density at radius 3 is 1.26 bits per heavy atom. The zero-order valence-electron chi connectivity index (χ0n) is 21.1. The van der Waals surface area contributed by atoms with Crippen molar-refractivity contribution in [2.75, 3.05) is 78.1 Å². The molecule has 0 bridgehead atoms. The SMILES string of the molecule is CP(C)(=O)CCCCCN=C(NCCCCCP(C)(C)=O)NCCCCCP(C)(C)=O. The molecule has 0 spiro atoms. The van der Waals surface area contributed by atoms with Crippen LogP contribution < -0.4 is 10.6 Å². The van der Waals surface area contributed by atoms with Crippen molar-refractivity contribution in [2.45, 2.75) is 57.8 Å². The predicted molar refractivity (Wildman–Crippen MR) is 143 cm³/mol. The summed E-state index contributed by atoms with van der Waals surface area (Å²) in [5.74, 6) is 0.866. The van der Waals surface area contributed by atoms with Crippen molar-refractivity contribution in [3.8, 4) is 0 Å². The molecule has 0 aliphatic rings. The maximum atomic E-state index is 11.8. The maximum Gasteiger partial charge on any atom is 0.191 e. The summed E-state index contributed by atoms with van der Waals surface area (Å²) in [6.07, 6.45) is 11.8. The van der Waals surface area contributed by atoms with E-state index in [4.69, 9.17) is 4.99 Å². The normalized spacial score (nSPS) is 12.6. The van der Waals surface area contributed by atoms with E-state index in [1.165, 1.54) is 0 Å². The molecule has 0 aliphatic heterocycles. The summed E-state index contributed by atoms with van der Waals surface area (Å²) >= 11 is 0. The van der Waals surface area contributed by atoms with Gasteiger partial charge in [-0.1, -0.05) is 19.3 Å². The minimum atomic E-state index is -1.90. The van der Waals surface area contributed by atoms with Gasteiger partial charge in [-0.25, -0.2) is 0 Å². The van der Waals surface area contributed by atoms with E-state index in [9.17, 15) is 13.7 Å². The number of hydrogen-bond acceptors (Lipinski definition) is 4. The Hall–Kier alpha value is -0.0400. The lowest BCUT2D eigenvalue weighted by Crippen LogP contribution is -2.38. The number of hydrogen-bond donors (Lipinski definition) is 2. The average Bonchev–Trinajstić information content (AvgIpc) is 2.60. The summed E-state index contributed by atoms with van der Waals surface area (Å²) in [6, 6.07) is 0. The van der Waals surface area contributed by atoms with Gasteiger partial charge in [0.2, 0.25) is 0 Å². The van der Waals surface area contributed by atoms with E-state index in [0.717, 1.165) is 102 Å². The summed E-state index contributed by atoms with van der Waals surface area (Å²) in [6.45, 7) is 13.7. The second-order valence-electron chi connectivity index (χ2n) is 10.2. The molecule has 2 N–H and O–H groups in total. The summed E-state index contributed by atoms with van der Waals surface area (Å²) < 4.78 is 35.3. The Bertz CT molecular complexity index is 599. The molecule has 0 aromatic rings. The molecule has 9 heteroatoms. The second kappa shape index (κ2) is 16.6. The van der Waals surface area contributed by atoms with E-state index in [-0.39, 0.29) is 0 Å². The van der Waals surface area contributed by atoms with Crippen LogP contribution in [0.5, 0.6) is 0 Å². The van der Waals surface area contributed by atoms with E-state index >= 15 is 0 Å². The van der Waals surface area contributed by atoms with Crippen LogP contribution in [0.1, 0.15) is 57.8 Å². The number of rotatable bonds is 18. The first kappa shape index (κ1) is 31.0. The van der Waals surface area contributed by atoms with E-state index in [1.807, 2.05) is 40.0 Å². The van der Waals surface area contributed by atoms with Crippen LogP contribution in [0, 0.1) is 0 Å². The molecule has 0 aromatic heterocycles. The fraction of sp³-hybridized carbons (Fsp3) is 0.955. The van der Waals surface area contributed by atoms with E-state index in [0.29, 0.717) is 0 Å². The number of unbranched alkanes of at least 4 members (excludes halogenated alkanes) is 6. The minimum absolute atomic E-state index is 0.775. The van der Waals surface area contributed by atoms with Crippen molar-refractivity contribution in [2.24, 2.45) is 4.99 Å². The molecule has 31 heavy (non-hydrogen) atoms. The number of aliphatic imine (C=N–C) groups is 1. The summed E-state index contributed by atoms with van der Waals surface area (Å²) in [7, 11) is -5.69. The molecule has 0 fully saturated rings. The highest BCUT2D eigenvalue weighted by Crippen LogP contribution is 2.37. The van der Waals surface area contributed by atoms with Gasteiger partial charge in [0.15, 0.2) is 5.96 Å². The van der Waals surface area contributed by atoms with Crippen molar-refractivity contribution < 1.29 is 13.7 Å². The van der Waals surface area contributed by atoms with Gasteiger partial charge in [-0.2, -0.15) is 0 Å². The lowest BCUT2D eigenvalue weighted by molar-refractivity contribution is 0.577. The summed E-state index contributed by atoms with van der Waals surface area (Å²) in [4.78, 5) is 4.71. The maximum absolute atomic E-state index is 11.8. The third-order valence-electron chi connectivity index (χ3n) is 4.96. The van der Waals surface area contributed by atoms with Crippen LogP contribution in [-0.4, -0.2) is 84.1 Å². The fourth-order valence-corrected chi connectivity index (χ4v) is 6.10. The Balaban J connectivity index is 4.23. The fourth-order valence-electron chi connectivity index (χ4n) is 3.15. The van der Waals surface area contributed by atoms with Crippen molar-refractivity contribution in [1.29, 1.82) is 0 Å². The Morgan fingerprint density at radius 2 is 0.903 bits per heavy atom. The molecule has 0 saturated heterocycles. The number of nitrogens with one attached hydrogen (secondary N) is 2. The molecular formula is C22H50N3O3P3. The van der Waals surface area contributed by atoms with Crippen molar-refractivity contribution in [3.63, 3.8) is 0 Å². The molecule has 6 nitrogen and oxygen atoms in total. The number of nitrogens with zero attached hydrogens (tertiary/aromatic N) is 1. The zero-order valence-corrected chi connectivity index (χ0v) is 23.8. The molecule has 0 radical (unpaired) electrons. The average molecular weight is 498 g/mol. The molecular weight excluding hydrogens is 447 g/mol. The van der Waals surface area contributed by atoms with E-state index in [2.05, 4.69) is 10.6 Å². The Morgan fingerprint density at radius 1 is 0.548 bits per heavy atom. The summed E-state index contributed by atoms with van der Waals surface area (Å²) in [5.41, 5.74) is 0. The van der Waals surface area contributed by atoms with Crippen LogP contribution in [-0.2, 0) is 13.7 Å². The van der Waals surface area contributed by atoms with Gasteiger partial charge in [0.25, 0.3) is 0 Å². The van der Waals surface area contributed by atoms with Gasteiger partial charge in [-0.05, 0) is 78.5 Å². The quantitative estimate of drug-likeness (QED) is 0.107. The van der Waals surface area contributed by atoms with Crippen molar-refractivity contribution >= 4 is 27.4 Å². The van der Waals surface area contributed by atoms with Gasteiger partial charge in [-0.15, -0.1) is 0 Å². The van der Waals surface area contributed by atoms with E-state index < -0.39 is 21.4 Å². The van der Waals surface area contributed by atoms with Crippen LogP contribution in [0.15, 0.2) is 4.99 Å². The predicted octanol–water partition coefficient (Wildman–Crippen LogP) is 5.90. The largest absolute Gasteiger partial charge is 0.356 e. The van der Waals surface area contributed by atoms with Gasteiger partial charge in [0.1, 0.15) is 0 Å². The van der Waals surface area contributed by atoms with Gasteiger partial charge in [-0.3, -0.25) is 4.99 Å². The van der Waals surface area contributed by atoms with E-state index in [1.54, 1.807) is 0 Å². The monoisotopic (exact) mass is 497 g/mol. The highest BCUT2D eigenvalue weighted by molar-refractivity contribution is 7.62. The van der Waals surface area contributed by atoms with Crippen LogP contribution in [0.25, 0.3) is 0 Å². The van der Waals surface area contributed by atoms with Crippen LogP contribution in [0.2, 0.25) is 0 Å². The first-order chi connectivity index (χ1) is 14.3. The molecule has 0 heterocycles. The number of guanidine groups is 1. The highest BCUT2D eigenvalue weighted by atomic mass is 31.2. The molecule has 0 aromatic carbocycles. The topological polar surface area (TPSA) is 87.6 Å². The molecule has 0 amide bonds. The first-order valence-electron chi connectivity index (χ1n) is 11.9. The highest BCUT2D eigenvalue weighted by Gasteiger charge is 2.07. The van der Waals surface area contributed by atoms with Gasteiger partial charge in [0, 0.05) is 38.1 Å². The molecule has 0 rings (SSSR count). The van der Waals surface area contributed by atoms with Crippen LogP contribution >= 0.6 is 21.4 Å². The van der Waals surface area contributed by atoms with Gasteiger partial charge in [0.05, 0.1) is 21.4 Å². The minimum Gasteiger partial charge on any atom is -0.356 e. The van der Waals surface area contributed by atoms with Crippen molar-refractivity contribution in [1.82, 2.24) is 10.6 Å². The van der Waals surface area contributed by atoms with Crippen LogP contribution in [0.4, 0.5) is 0 Å². The Labute approximate surface area is 192 Å². The Kier molecular flexibility index (Phi) is 16.5.